The van der Waals surface area contributed by atoms with Crippen LogP contribution in [0.4, 0.5) is 18.9 Å². The molecular weight excluding hydrogens is 249 g/mol. The van der Waals surface area contributed by atoms with Gasteiger partial charge in [0.25, 0.3) is 0 Å². The van der Waals surface area contributed by atoms with E-state index in [-0.39, 0.29) is 11.4 Å². The summed E-state index contributed by atoms with van der Waals surface area (Å²) < 4.78 is 42.9. The van der Waals surface area contributed by atoms with Gasteiger partial charge in [0, 0.05) is 0 Å². The summed E-state index contributed by atoms with van der Waals surface area (Å²) in [7, 11) is 0. The van der Waals surface area contributed by atoms with E-state index in [0.29, 0.717) is 0 Å². The number of fused-ring (bicyclic) bond motifs is 1. The molecular formula is C11H11F3N2O2. The minimum Gasteiger partial charge on any atom is -0.486 e. The second kappa shape index (κ2) is 4.16. The number of hydrogen-bond acceptors (Lipinski definition) is 3. The zero-order valence-corrected chi connectivity index (χ0v) is 9.41. The SMILES string of the molecule is C[C@H]1Oc2cc(C(F)(F)F)ccc2NC(=O)[C@H]1N. The largest absolute Gasteiger partial charge is 0.486 e. The van der Waals surface area contributed by atoms with E-state index in [1.54, 1.807) is 0 Å². The van der Waals surface area contributed by atoms with Gasteiger partial charge in [0.2, 0.25) is 5.91 Å². The van der Waals surface area contributed by atoms with Gasteiger partial charge in [-0.1, -0.05) is 0 Å². The van der Waals surface area contributed by atoms with Crippen molar-refractivity contribution in [3.63, 3.8) is 0 Å². The van der Waals surface area contributed by atoms with Crippen molar-refractivity contribution in [2.45, 2.75) is 25.2 Å². The molecule has 1 amide bonds. The number of carbonyl (C=O) groups excluding carboxylic acids is 1. The van der Waals surface area contributed by atoms with E-state index in [0.717, 1.165) is 18.2 Å². The van der Waals surface area contributed by atoms with Crippen LogP contribution in [0.25, 0.3) is 0 Å². The molecule has 1 aromatic rings. The number of rotatable bonds is 0. The predicted molar refractivity (Wildman–Crippen MR) is 58.1 cm³/mol. The van der Waals surface area contributed by atoms with E-state index in [2.05, 4.69) is 5.32 Å². The number of benzene rings is 1. The maximum absolute atomic E-state index is 12.5. The summed E-state index contributed by atoms with van der Waals surface area (Å²) in [5.74, 6) is -0.514. The molecule has 0 saturated carbocycles. The summed E-state index contributed by atoms with van der Waals surface area (Å²) in [4.78, 5) is 11.5. The predicted octanol–water partition coefficient (Wildman–Crippen LogP) is 1.75. The molecule has 18 heavy (non-hydrogen) atoms. The van der Waals surface area contributed by atoms with Gasteiger partial charge in [-0.3, -0.25) is 4.79 Å². The van der Waals surface area contributed by atoms with Gasteiger partial charge in [-0.25, -0.2) is 0 Å². The van der Waals surface area contributed by atoms with Crippen molar-refractivity contribution in [3.8, 4) is 5.75 Å². The lowest BCUT2D eigenvalue weighted by molar-refractivity contribution is -0.137. The van der Waals surface area contributed by atoms with Gasteiger partial charge in [-0.2, -0.15) is 13.2 Å². The molecule has 0 spiro atoms. The first-order valence-corrected chi connectivity index (χ1v) is 5.23. The lowest BCUT2D eigenvalue weighted by atomic mass is 10.2. The highest BCUT2D eigenvalue weighted by Gasteiger charge is 2.33. The smallest absolute Gasteiger partial charge is 0.416 e. The summed E-state index contributed by atoms with van der Waals surface area (Å²) in [6.45, 7) is 1.53. The Bertz CT molecular complexity index is 488. The van der Waals surface area contributed by atoms with Crippen molar-refractivity contribution in [1.82, 2.24) is 0 Å². The Balaban J connectivity index is 2.43. The van der Waals surface area contributed by atoms with Crippen LogP contribution in [0.2, 0.25) is 0 Å². The molecule has 0 saturated heterocycles. The Hall–Kier alpha value is -1.76. The highest BCUT2D eigenvalue weighted by molar-refractivity contribution is 5.97. The lowest BCUT2D eigenvalue weighted by Crippen LogP contribution is -2.44. The summed E-state index contributed by atoms with van der Waals surface area (Å²) >= 11 is 0. The first-order valence-electron chi connectivity index (χ1n) is 5.23. The van der Waals surface area contributed by atoms with Crippen molar-refractivity contribution in [2.75, 3.05) is 5.32 Å². The minimum atomic E-state index is -4.46. The second-order valence-electron chi connectivity index (χ2n) is 4.05. The van der Waals surface area contributed by atoms with Crippen LogP contribution in [-0.4, -0.2) is 18.1 Å². The molecule has 98 valence electrons. The number of alkyl halides is 3. The van der Waals surface area contributed by atoms with Gasteiger partial charge in [0.15, 0.2) is 0 Å². The third-order valence-electron chi connectivity index (χ3n) is 2.69. The molecule has 1 aromatic carbocycles. The Morgan fingerprint density at radius 2 is 2.06 bits per heavy atom. The van der Waals surface area contributed by atoms with Crippen LogP contribution in [0, 0.1) is 0 Å². The fourth-order valence-corrected chi connectivity index (χ4v) is 1.60. The molecule has 4 nitrogen and oxygen atoms in total. The number of anilines is 1. The van der Waals surface area contributed by atoms with E-state index in [9.17, 15) is 18.0 Å². The minimum absolute atomic E-state index is 0.0291. The van der Waals surface area contributed by atoms with Crippen LogP contribution in [0.15, 0.2) is 18.2 Å². The molecule has 2 atom stereocenters. The van der Waals surface area contributed by atoms with Gasteiger partial charge in [0.05, 0.1) is 11.3 Å². The van der Waals surface area contributed by atoms with E-state index >= 15 is 0 Å². The number of hydrogen-bond donors (Lipinski definition) is 2. The van der Waals surface area contributed by atoms with E-state index in [1.165, 1.54) is 6.92 Å². The number of nitrogens with two attached hydrogens (primary N) is 1. The van der Waals surface area contributed by atoms with Crippen molar-refractivity contribution in [1.29, 1.82) is 0 Å². The van der Waals surface area contributed by atoms with Gasteiger partial charge < -0.3 is 15.8 Å². The maximum Gasteiger partial charge on any atom is 0.416 e. The molecule has 3 N–H and O–H groups in total. The molecule has 0 fully saturated rings. The number of carbonyl (C=O) groups is 1. The second-order valence-corrected chi connectivity index (χ2v) is 4.05. The average molecular weight is 260 g/mol. The van der Waals surface area contributed by atoms with E-state index < -0.39 is 29.8 Å². The Morgan fingerprint density at radius 1 is 1.39 bits per heavy atom. The first kappa shape index (κ1) is 12.7. The first-order chi connectivity index (χ1) is 8.29. The van der Waals surface area contributed by atoms with Crippen LogP contribution in [0.3, 0.4) is 0 Å². The fraction of sp³-hybridized carbons (Fsp3) is 0.364. The topological polar surface area (TPSA) is 64.3 Å². The molecule has 0 bridgehead atoms. The number of amides is 1. The van der Waals surface area contributed by atoms with Crippen molar-refractivity contribution < 1.29 is 22.7 Å². The van der Waals surface area contributed by atoms with Crippen LogP contribution < -0.4 is 15.8 Å². The van der Waals surface area contributed by atoms with Gasteiger partial charge in [0.1, 0.15) is 17.9 Å². The maximum atomic E-state index is 12.5. The van der Waals surface area contributed by atoms with E-state index in [1.807, 2.05) is 0 Å². The molecule has 0 unspecified atom stereocenters. The highest BCUT2D eigenvalue weighted by atomic mass is 19.4. The third kappa shape index (κ3) is 2.26. The van der Waals surface area contributed by atoms with Crippen LogP contribution in [0.1, 0.15) is 12.5 Å². The zero-order chi connectivity index (χ0) is 13.5. The Morgan fingerprint density at radius 3 is 2.67 bits per heavy atom. The molecule has 0 radical (unpaired) electrons. The molecule has 1 heterocycles. The van der Waals surface area contributed by atoms with Crippen molar-refractivity contribution >= 4 is 11.6 Å². The molecule has 0 aliphatic carbocycles. The molecule has 1 aliphatic heterocycles. The fourth-order valence-electron chi connectivity index (χ4n) is 1.60. The van der Waals surface area contributed by atoms with Crippen molar-refractivity contribution in [2.24, 2.45) is 5.73 Å². The lowest BCUT2D eigenvalue weighted by Gasteiger charge is -2.16. The van der Waals surface area contributed by atoms with Gasteiger partial charge in [-0.05, 0) is 25.1 Å². The normalized spacial score (nSPS) is 23.7. The summed E-state index contributed by atoms with van der Waals surface area (Å²) in [5, 5.41) is 2.42. The summed E-state index contributed by atoms with van der Waals surface area (Å²) in [6.07, 6.45) is -5.16. The monoisotopic (exact) mass is 260 g/mol. The van der Waals surface area contributed by atoms with Gasteiger partial charge >= 0.3 is 6.18 Å². The van der Waals surface area contributed by atoms with E-state index in [4.69, 9.17) is 10.5 Å². The number of halogens is 3. The van der Waals surface area contributed by atoms with Crippen LogP contribution in [-0.2, 0) is 11.0 Å². The Kier molecular flexibility index (Phi) is 2.94. The number of nitrogens with one attached hydrogen (secondary N) is 1. The summed E-state index contributed by atoms with van der Waals surface area (Å²) in [6, 6.07) is 1.96. The highest BCUT2D eigenvalue weighted by Crippen LogP contribution is 2.36. The van der Waals surface area contributed by atoms with Crippen molar-refractivity contribution in [3.05, 3.63) is 23.8 Å². The van der Waals surface area contributed by atoms with Crippen LogP contribution in [0.5, 0.6) is 5.75 Å². The molecule has 2 rings (SSSR count). The zero-order valence-electron chi connectivity index (χ0n) is 9.41. The standard InChI is InChI=1S/C11H11F3N2O2/c1-5-9(15)10(17)16-7-3-2-6(11(12,13)14)4-8(7)18-5/h2-5,9H,15H2,1H3,(H,16,17)/t5-,9+/m1/s1. The quantitative estimate of drug-likeness (QED) is 0.747. The molecule has 1 aliphatic rings. The Labute approximate surface area is 101 Å². The average Bonchev–Trinajstić information content (AvgIpc) is 2.37. The molecule has 0 aromatic heterocycles. The number of ether oxygens (including phenoxy) is 1. The molecule has 7 heteroatoms. The summed E-state index contributed by atoms with van der Waals surface area (Å²) in [5.41, 5.74) is 4.92. The van der Waals surface area contributed by atoms with Crippen LogP contribution >= 0.6 is 0 Å². The van der Waals surface area contributed by atoms with Gasteiger partial charge in [-0.15, -0.1) is 0 Å². The third-order valence-corrected chi connectivity index (χ3v) is 2.69.